The van der Waals surface area contributed by atoms with Crippen molar-refractivity contribution >= 4 is 21.6 Å². The summed E-state index contributed by atoms with van der Waals surface area (Å²) in [5.41, 5.74) is 2.63. The van der Waals surface area contributed by atoms with Crippen molar-refractivity contribution in [3.05, 3.63) is 59.7 Å². The van der Waals surface area contributed by atoms with Gasteiger partial charge >= 0.3 is 0 Å². The van der Waals surface area contributed by atoms with Crippen molar-refractivity contribution < 1.29 is 17.9 Å². The quantitative estimate of drug-likeness (QED) is 0.642. The summed E-state index contributed by atoms with van der Waals surface area (Å²) in [4.78, 5) is 15.2. The Bertz CT molecular complexity index is 986. The van der Waals surface area contributed by atoms with Gasteiger partial charge in [0.2, 0.25) is 15.9 Å². The van der Waals surface area contributed by atoms with Gasteiger partial charge < -0.3 is 10.1 Å². The maximum absolute atomic E-state index is 12.8. The number of nitrogens with zero attached hydrogens (tertiary/aromatic N) is 2. The van der Waals surface area contributed by atoms with Crippen molar-refractivity contribution in [2.24, 2.45) is 0 Å². The van der Waals surface area contributed by atoms with E-state index in [9.17, 15) is 13.2 Å². The van der Waals surface area contributed by atoms with Crippen molar-refractivity contribution in [1.82, 2.24) is 10.2 Å². The van der Waals surface area contributed by atoms with E-state index in [1.807, 2.05) is 12.1 Å². The van der Waals surface area contributed by atoms with Crippen LogP contribution in [0.25, 0.3) is 0 Å². The van der Waals surface area contributed by atoms with Crippen LogP contribution in [0.4, 0.5) is 5.69 Å². The van der Waals surface area contributed by atoms with Crippen molar-refractivity contribution in [2.45, 2.75) is 38.9 Å². The molecule has 1 fully saturated rings. The zero-order chi connectivity index (χ0) is 22.4. The van der Waals surface area contributed by atoms with Crippen molar-refractivity contribution in [1.29, 1.82) is 0 Å². The van der Waals surface area contributed by atoms with Gasteiger partial charge in [-0.05, 0) is 68.2 Å². The fourth-order valence-electron chi connectivity index (χ4n) is 3.91. The van der Waals surface area contributed by atoms with Crippen LogP contribution in [-0.2, 0) is 27.9 Å². The molecule has 1 aliphatic rings. The lowest BCUT2D eigenvalue weighted by molar-refractivity contribution is -0.122. The van der Waals surface area contributed by atoms with E-state index >= 15 is 0 Å². The van der Waals surface area contributed by atoms with Crippen LogP contribution in [0.1, 0.15) is 30.9 Å². The number of nitrogens with one attached hydrogen (secondary N) is 1. The summed E-state index contributed by atoms with van der Waals surface area (Å²) in [6, 6.07) is 13.9. The summed E-state index contributed by atoms with van der Waals surface area (Å²) in [6.07, 6.45) is 3.60. The molecule has 1 atom stereocenters. The Kier molecular flexibility index (Phi) is 7.56. The Morgan fingerprint density at radius 1 is 1.13 bits per heavy atom. The zero-order valence-corrected chi connectivity index (χ0v) is 19.2. The van der Waals surface area contributed by atoms with Crippen LogP contribution in [-0.4, -0.2) is 51.7 Å². The van der Waals surface area contributed by atoms with Crippen LogP contribution >= 0.6 is 0 Å². The highest BCUT2D eigenvalue weighted by molar-refractivity contribution is 7.92. The third-order valence-electron chi connectivity index (χ3n) is 5.48. The largest absolute Gasteiger partial charge is 0.497 e. The molecule has 2 aromatic rings. The summed E-state index contributed by atoms with van der Waals surface area (Å²) < 4.78 is 31.1. The third kappa shape index (κ3) is 6.21. The van der Waals surface area contributed by atoms with Gasteiger partial charge in [0.05, 0.1) is 19.1 Å². The van der Waals surface area contributed by atoms with Crippen LogP contribution < -0.4 is 14.4 Å². The maximum atomic E-state index is 12.8. The molecule has 1 saturated heterocycles. The second kappa shape index (κ2) is 10.2. The topological polar surface area (TPSA) is 79.0 Å². The van der Waals surface area contributed by atoms with E-state index < -0.39 is 16.1 Å². The highest BCUT2D eigenvalue weighted by atomic mass is 32.2. The predicted molar refractivity (Wildman–Crippen MR) is 123 cm³/mol. The van der Waals surface area contributed by atoms with Gasteiger partial charge in [-0.25, -0.2) is 8.42 Å². The Balaban J connectivity index is 1.66. The number of benzene rings is 2. The number of hydrogen-bond acceptors (Lipinski definition) is 5. The molecule has 2 aromatic carbocycles. The highest BCUT2D eigenvalue weighted by Gasteiger charge is 2.29. The van der Waals surface area contributed by atoms with Gasteiger partial charge in [-0.1, -0.05) is 24.3 Å². The van der Waals surface area contributed by atoms with Gasteiger partial charge in [-0.3, -0.25) is 14.0 Å². The van der Waals surface area contributed by atoms with Crippen molar-refractivity contribution in [3.63, 3.8) is 0 Å². The SMILES string of the molecule is COc1ccc(N([C@@H](C)C(=O)NCc2cccc(CN3CCCC3)c2)S(C)(=O)=O)cc1. The molecule has 8 heteroatoms. The Labute approximate surface area is 185 Å². The molecule has 0 saturated carbocycles. The van der Waals surface area contributed by atoms with E-state index in [0.717, 1.165) is 35.8 Å². The lowest BCUT2D eigenvalue weighted by Gasteiger charge is -2.28. The predicted octanol–water partition coefficient (Wildman–Crippen LogP) is 2.76. The molecule has 3 rings (SSSR count). The standard InChI is InChI=1S/C23H31N3O4S/c1-18(26(31(3,28)29)21-9-11-22(30-2)12-10-21)23(27)24-16-19-7-6-8-20(15-19)17-25-13-4-5-14-25/h6-12,15,18H,4-5,13-14,16-17H2,1-3H3,(H,24,27)/t18-/m0/s1. The number of anilines is 1. The fraction of sp³-hybridized carbons (Fsp3) is 0.435. The molecule has 0 unspecified atom stereocenters. The third-order valence-corrected chi connectivity index (χ3v) is 6.72. The molecule has 0 bridgehead atoms. The molecule has 0 aromatic heterocycles. The molecule has 1 aliphatic heterocycles. The molecule has 0 spiro atoms. The summed E-state index contributed by atoms with van der Waals surface area (Å²) >= 11 is 0. The molecule has 0 aliphatic carbocycles. The number of methoxy groups -OCH3 is 1. The molecular formula is C23H31N3O4S. The number of likely N-dealkylation sites (tertiary alicyclic amines) is 1. The first kappa shape index (κ1) is 23.1. The number of carbonyl (C=O) groups excluding carboxylic acids is 1. The Hall–Kier alpha value is -2.58. The zero-order valence-electron chi connectivity index (χ0n) is 18.4. The Morgan fingerprint density at radius 2 is 1.77 bits per heavy atom. The summed E-state index contributed by atoms with van der Waals surface area (Å²) in [5, 5.41) is 2.88. The van der Waals surface area contributed by atoms with Gasteiger partial charge in [0.1, 0.15) is 11.8 Å². The monoisotopic (exact) mass is 445 g/mol. The van der Waals surface area contributed by atoms with Gasteiger partial charge in [0, 0.05) is 13.1 Å². The molecular weight excluding hydrogens is 414 g/mol. The van der Waals surface area contributed by atoms with Crippen LogP contribution in [0, 0.1) is 0 Å². The first-order valence-corrected chi connectivity index (χ1v) is 12.3. The number of amides is 1. The summed E-state index contributed by atoms with van der Waals surface area (Å²) in [7, 11) is -2.12. The molecule has 31 heavy (non-hydrogen) atoms. The highest BCUT2D eigenvalue weighted by Crippen LogP contribution is 2.24. The van der Waals surface area contributed by atoms with Crippen LogP contribution in [0.15, 0.2) is 48.5 Å². The normalized spacial score (nSPS) is 15.5. The number of rotatable bonds is 9. The van der Waals surface area contributed by atoms with E-state index in [1.165, 1.54) is 18.4 Å². The van der Waals surface area contributed by atoms with E-state index in [-0.39, 0.29) is 5.91 Å². The van der Waals surface area contributed by atoms with Gasteiger partial charge in [0.25, 0.3) is 0 Å². The van der Waals surface area contributed by atoms with Crippen molar-refractivity contribution in [2.75, 3.05) is 30.8 Å². The summed E-state index contributed by atoms with van der Waals surface area (Å²) in [5.74, 6) is 0.259. The number of carbonyl (C=O) groups is 1. The average Bonchev–Trinajstić information content (AvgIpc) is 3.25. The number of sulfonamides is 1. The van der Waals surface area contributed by atoms with Crippen molar-refractivity contribution in [3.8, 4) is 5.75 Å². The molecule has 1 N–H and O–H groups in total. The second-order valence-corrected chi connectivity index (χ2v) is 9.81. The first-order valence-electron chi connectivity index (χ1n) is 10.5. The molecule has 0 radical (unpaired) electrons. The fourth-order valence-corrected chi connectivity index (χ4v) is 5.09. The van der Waals surface area contributed by atoms with Gasteiger partial charge in [-0.15, -0.1) is 0 Å². The lowest BCUT2D eigenvalue weighted by atomic mass is 10.1. The van der Waals surface area contributed by atoms with E-state index in [0.29, 0.717) is 18.0 Å². The van der Waals surface area contributed by atoms with E-state index in [4.69, 9.17) is 4.74 Å². The van der Waals surface area contributed by atoms with E-state index in [2.05, 4.69) is 22.3 Å². The maximum Gasteiger partial charge on any atom is 0.243 e. The molecule has 1 amide bonds. The Morgan fingerprint density at radius 3 is 2.39 bits per heavy atom. The minimum Gasteiger partial charge on any atom is -0.497 e. The van der Waals surface area contributed by atoms with Crippen LogP contribution in [0.2, 0.25) is 0 Å². The van der Waals surface area contributed by atoms with E-state index in [1.54, 1.807) is 38.3 Å². The minimum absolute atomic E-state index is 0.344. The van der Waals surface area contributed by atoms with Crippen LogP contribution in [0.3, 0.4) is 0 Å². The summed E-state index contributed by atoms with van der Waals surface area (Å²) in [6.45, 7) is 5.11. The van der Waals surface area contributed by atoms with Crippen LogP contribution in [0.5, 0.6) is 5.75 Å². The first-order chi connectivity index (χ1) is 14.8. The average molecular weight is 446 g/mol. The van der Waals surface area contributed by atoms with Gasteiger partial charge in [0.15, 0.2) is 0 Å². The molecule has 168 valence electrons. The number of hydrogen-bond donors (Lipinski definition) is 1. The van der Waals surface area contributed by atoms with Gasteiger partial charge in [-0.2, -0.15) is 0 Å². The lowest BCUT2D eigenvalue weighted by Crippen LogP contribution is -2.47. The molecule has 1 heterocycles. The second-order valence-electron chi connectivity index (χ2n) is 7.95. The smallest absolute Gasteiger partial charge is 0.243 e. The minimum atomic E-state index is -3.66. The number of ether oxygens (including phenoxy) is 1. The molecule has 7 nitrogen and oxygen atoms in total.